The summed E-state index contributed by atoms with van der Waals surface area (Å²) in [5, 5.41) is 7.06. The average Bonchev–Trinajstić information content (AvgIpc) is 3.28. The Morgan fingerprint density at radius 1 is 1.26 bits per heavy atom. The van der Waals surface area contributed by atoms with Crippen LogP contribution in [0.2, 0.25) is 0 Å². The largest absolute Gasteiger partial charge is 0.325 e. The van der Waals surface area contributed by atoms with E-state index in [4.69, 9.17) is 0 Å². The molecular formula is C16H16N4O2S. The number of carbonyl (C=O) groups is 2. The van der Waals surface area contributed by atoms with Gasteiger partial charge in [-0.25, -0.2) is 9.48 Å². The van der Waals surface area contributed by atoms with Gasteiger partial charge in [-0.05, 0) is 35.9 Å². The highest BCUT2D eigenvalue weighted by molar-refractivity contribution is 7.99. The monoisotopic (exact) mass is 328 g/mol. The highest BCUT2D eigenvalue weighted by atomic mass is 32.2. The number of rotatable bonds is 3. The predicted molar refractivity (Wildman–Crippen MR) is 87.3 cm³/mol. The van der Waals surface area contributed by atoms with Gasteiger partial charge < -0.3 is 5.32 Å². The molecule has 2 aromatic rings. The number of amides is 3. The fourth-order valence-electron chi connectivity index (χ4n) is 3.01. The molecule has 118 valence electrons. The summed E-state index contributed by atoms with van der Waals surface area (Å²) in [5.41, 5.74) is 1.20. The van der Waals surface area contributed by atoms with E-state index in [1.165, 1.54) is 4.90 Å². The third-order valence-corrected chi connectivity index (χ3v) is 5.50. The normalized spacial score (nSPS) is 23.7. The van der Waals surface area contributed by atoms with Crippen LogP contribution >= 0.6 is 11.8 Å². The van der Waals surface area contributed by atoms with Crippen molar-refractivity contribution in [1.82, 2.24) is 20.0 Å². The molecule has 2 saturated heterocycles. The minimum absolute atomic E-state index is 0.0938. The zero-order chi connectivity index (χ0) is 15.9. The van der Waals surface area contributed by atoms with Gasteiger partial charge in [0.25, 0.3) is 5.91 Å². The molecule has 7 heteroatoms. The van der Waals surface area contributed by atoms with Crippen molar-refractivity contribution in [2.24, 2.45) is 0 Å². The molecule has 6 nitrogen and oxygen atoms in total. The van der Waals surface area contributed by atoms with Gasteiger partial charge in [0.1, 0.15) is 5.54 Å². The van der Waals surface area contributed by atoms with Crippen molar-refractivity contribution in [3.63, 3.8) is 0 Å². The van der Waals surface area contributed by atoms with E-state index in [0.29, 0.717) is 12.3 Å². The molecule has 1 N–H and O–H groups in total. The second kappa shape index (κ2) is 5.42. The molecule has 0 saturated carbocycles. The minimum Gasteiger partial charge on any atom is -0.322 e. The number of thioether (sulfide) groups is 1. The fraction of sp³-hybridized carbons (Fsp3) is 0.312. The molecule has 2 aliphatic heterocycles. The van der Waals surface area contributed by atoms with E-state index in [0.717, 1.165) is 23.4 Å². The van der Waals surface area contributed by atoms with Crippen molar-refractivity contribution in [2.45, 2.75) is 18.5 Å². The molecule has 0 bridgehead atoms. The van der Waals surface area contributed by atoms with E-state index < -0.39 is 5.54 Å². The summed E-state index contributed by atoms with van der Waals surface area (Å²) >= 11 is 1.71. The van der Waals surface area contributed by atoms with Crippen LogP contribution in [0.25, 0.3) is 5.69 Å². The number of urea groups is 1. The van der Waals surface area contributed by atoms with E-state index in [9.17, 15) is 9.59 Å². The van der Waals surface area contributed by atoms with Gasteiger partial charge in [-0.3, -0.25) is 9.69 Å². The van der Waals surface area contributed by atoms with Crippen molar-refractivity contribution in [3.05, 3.63) is 48.3 Å². The maximum atomic E-state index is 12.6. The van der Waals surface area contributed by atoms with Crippen molar-refractivity contribution in [1.29, 1.82) is 0 Å². The molecule has 23 heavy (non-hydrogen) atoms. The number of benzene rings is 1. The van der Waals surface area contributed by atoms with Crippen LogP contribution in [-0.4, -0.2) is 43.7 Å². The lowest BCUT2D eigenvalue weighted by atomic mass is 9.99. The first-order valence-electron chi connectivity index (χ1n) is 7.49. The Kier molecular flexibility index (Phi) is 3.37. The second-order valence-electron chi connectivity index (χ2n) is 5.82. The van der Waals surface area contributed by atoms with Crippen LogP contribution in [0, 0.1) is 0 Å². The quantitative estimate of drug-likeness (QED) is 0.873. The van der Waals surface area contributed by atoms with Crippen LogP contribution in [0.1, 0.15) is 12.0 Å². The van der Waals surface area contributed by atoms with Crippen molar-refractivity contribution in [3.8, 4) is 5.69 Å². The number of imide groups is 1. The maximum Gasteiger partial charge on any atom is 0.325 e. The van der Waals surface area contributed by atoms with E-state index in [2.05, 4.69) is 10.4 Å². The highest BCUT2D eigenvalue weighted by Crippen LogP contribution is 2.33. The summed E-state index contributed by atoms with van der Waals surface area (Å²) in [6, 6.07) is 9.29. The van der Waals surface area contributed by atoms with Gasteiger partial charge in [-0.1, -0.05) is 12.1 Å². The van der Waals surface area contributed by atoms with Crippen LogP contribution in [-0.2, 0) is 11.3 Å². The SMILES string of the molecule is O=C1N[C@@]2(CCSC2)C(=O)N1Cc1ccc(-n2cccn2)cc1. The summed E-state index contributed by atoms with van der Waals surface area (Å²) in [7, 11) is 0. The summed E-state index contributed by atoms with van der Waals surface area (Å²) in [5.74, 6) is 1.49. The summed E-state index contributed by atoms with van der Waals surface area (Å²) in [4.78, 5) is 26.1. The van der Waals surface area contributed by atoms with E-state index >= 15 is 0 Å². The summed E-state index contributed by atoms with van der Waals surface area (Å²) in [6.45, 7) is 0.302. The zero-order valence-corrected chi connectivity index (χ0v) is 13.3. The number of hydrogen-bond donors (Lipinski definition) is 1. The second-order valence-corrected chi connectivity index (χ2v) is 6.93. The first-order valence-corrected chi connectivity index (χ1v) is 8.64. The van der Waals surface area contributed by atoms with Gasteiger partial charge in [-0.15, -0.1) is 0 Å². The number of hydrogen-bond acceptors (Lipinski definition) is 4. The molecule has 1 aromatic heterocycles. The summed E-state index contributed by atoms with van der Waals surface area (Å²) < 4.78 is 1.77. The number of carbonyl (C=O) groups excluding carboxylic acids is 2. The lowest BCUT2D eigenvalue weighted by Gasteiger charge is -2.19. The van der Waals surface area contributed by atoms with E-state index in [-0.39, 0.29) is 11.9 Å². The standard InChI is InChI=1S/C16H16N4O2S/c21-14-16(6-9-23-11-16)18-15(22)19(14)10-12-2-4-13(5-3-12)20-8-1-7-17-20/h1-5,7-8H,6,9-11H2,(H,18,22)/t16-/m1/s1. The van der Waals surface area contributed by atoms with Crippen molar-refractivity contribution in [2.75, 3.05) is 11.5 Å². The number of aromatic nitrogens is 2. The highest BCUT2D eigenvalue weighted by Gasteiger charge is 2.52. The van der Waals surface area contributed by atoms with Crippen LogP contribution in [0.15, 0.2) is 42.7 Å². The van der Waals surface area contributed by atoms with Gasteiger partial charge in [0.15, 0.2) is 0 Å². The predicted octanol–water partition coefficient (Wildman–Crippen LogP) is 1.80. The van der Waals surface area contributed by atoms with Crippen molar-refractivity contribution < 1.29 is 9.59 Å². The van der Waals surface area contributed by atoms with Crippen molar-refractivity contribution >= 4 is 23.7 Å². The van der Waals surface area contributed by atoms with Gasteiger partial charge in [-0.2, -0.15) is 16.9 Å². The van der Waals surface area contributed by atoms with Crippen LogP contribution in [0.3, 0.4) is 0 Å². The number of nitrogens with one attached hydrogen (secondary N) is 1. The van der Waals surface area contributed by atoms with Gasteiger partial charge in [0, 0.05) is 18.1 Å². The van der Waals surface area contributed by atoms with Gasteiger partial charge in [0.05, 0.1) is 12.2 Å². The molecule has 3 amide bonds. The van der Waals surface area contributed by atoms with Crippen LogP contribution < -0.4 is 5.32 Å². The smallest absolute Gasteiger partial charge is 0.322 e. The molecule has 1 aromatic carbocycles. The Bertz CT molecular complexity index is 736. The molecule has 0 aliphatic carbocycles. The maximum absolute atomic E-state index is 12.6. The zero-order valence-electron chi connectivity index (χ0n) is 12.4. The molecule has 4 rings (SSSR count). The Balaban J connectivity index is 1.52. The molecule has 2 aliphatic rings. The molecule has 1 atom stereocenters. The molecule has 2 fully saturated rings. The molecule has 3 heterocycles. The Labute approximate surface area is 137 Å². The van der Waals surface area contributed by atoms with Crippen LogP contribution in [0.5, 0.6) is 0 Å². The van der Waals surface area contributed by atoms with E-state index in [1.807, 2.05) is 36.5 Å². The van der Waals surface area contributed by atoms with Crippen LogP contribution in [0.4, 0.5) is 4.79 Å². The molecule has 0 unspecified atom stereocenters. The Hall–Kier alpha value is -2.28. The topological polar surface area (TPSA) is 67.2 Å². The summed E-state index contributed by atoms with van der Waals surface area (Å²) in [6.07, 6.45) is 4.31. The average molecular weight is 328 g/mol. The van der Waals surface area contributed by atoms with Gasteiger partial charge >= 0.3 is 6.03 Å². The first kappa shape index (κ1) is 14.3. The molecule has 1 spiro atoms. The minimum atomic E-state index is -0.670. The molecule has 0 radical (unpaired) electrons. The fourth-order valence-corrected chi connectivity index (χ4v) is 4.34. The first-order chi connectivity index (χ1) is 11.2. The molecular weight excluding hydrogens is 312 g/mol. The number of nitrogens with zero attached hydrogens (tertiary/aromatic N) is 3. The lowest BCUT2D eigenvalue weighted by Crippen LogP contribution is -2.46. The Morgan fingerprint density at radius 2 is 2.09 bits per heavy atom. The third kappa shape index (κ3) is 2.41. The third-order valence-electron chi connectivity index (χ3n) is 4.31. The lowest BCUT2D eigenvalue weighted by molar-refractivity contribution is -0.130. The Morgan fingerprint density at radius 3 is 2.74 bits per heavy atom. The van der Waals surface area contributed by atoms with E-state index in [1.54, 1.807) is 22.6 Å². The van der Waals surface area contributed by atoms with Gasteiger partial charge in [0.2, 0.25) is 0 Å².